The number of piperidine rings is 1. The number of hydrogen-bond acceptors (Lipinski definition) is 4. The lowest BCUT2D eigenvalue weighted by atomic mass is 9.96. The van der Waals surface area contributed by atoms with Gasteiger partial charge >= 0.3 is 6.03 Å². The summed E-state index contributed by atoms with van der Waals surface area (Å²) in [7, 11) is 1.65. The van der Waals surface area contributed by atoms with Gasteiger partial charge in [-0.2, -0.15) is 0 Å². The number of likely N-dealkylation sites (tertiary alicyclic amines) is 1. The molecule has 0 spiro atoms. The molecular weight excluding hydrogens is 416 g/mol. The molecule has 1 aliphatic heterocycles. The number of carbonyl (C=O) groups is 2. The molecule has 3 amide bonds. The van der Waals surface area contributed by atoms with E-state index < -0.39 is 0 Å². The molecule has 0 atom stereocenters. The van der Waals surface area contributed by atoms with Crippen LogP contribution in [-0.4, -0.2) is 48.6 Å². The number of anilines is 1. The summed E-state index contributed by atoms with van der Waals surface area (Å²) in [4.78, 5) is 30.7. The molecule has 0 aliphatic carbocycles. The van der Waals surface area contributed by atoms with Crippen LogP contribution in [0.5, 0.6) is 5.75 Å². The first kappa shape index (κ1) is 22.6. The number of pyridine rings is 1. The summed E-state index contributed by atoms with van der Waals surface area (Å²) in [6.07, 6.45) is 4.22. The lowest BCUT2D eigenvalue weighted by molar-refractivity contribution is -0.132. The van der Waals surface area contributed by atoms with Crippen LogP contribution in [-0.2, 0) is 4.79 Å². The molecule has 0 radical (unpaired) electrons. The number of ether oxygens (including phenoxy) is 1. The molecule has 2 heterocycles. The summed E-state index contributed by atoms with van der Waals surface area (Å²) in [5.41, 5.74) is 3.55. The number of benzene rings is 2. The standard InChI is InChI=1S/C26H30N4O3/c1-3-25(31)30-11-9-18(10-12-30)16-28-26(32)29-22-8-7-20-13-21(17-27-24(20)15-22)19-5-4-6-23(14-19)33-2/h4-8,13-15,17-18H,3,9-12,16H2,1-2H3,(H2,28,29,32). The first-order chi connectivity index (χ1) is 16.1. The van der Waals surface area contributed by atoms with Crippen molar-refractivity contribution in [2.24, 2.45) is 5.92 Å². The van der Waals surface area contributed by atoms with Gasteiger partial charge in [-0.15, -0.1) is 0 Å². The summed E-state index contributed by atoms with van der Waals surface area (Å²) in [5, 5.41) is 6.86. The fourth-order valence-corrected chi connectivity index (χ4v) is 4.18. The summed E-state index contributed by atoms with van der Waals surface area (Å²) >= 11 is 0. The summed E-state index contributed by atoms with van der Waals surface area (Å²) in [6, 6.07) is 15.4. The molecule has 0 bridgehead atoms. The number of hydrogen-bond donors (Lipinski definition) is 2. The van der Waals surface area contributed by atoms with E-state index in [1.165, 1.54) is 0 Å². The van der Waals surface area contributed by atoms with Crippen molar-refractivity contribution in [2.75, 3.05) is 32.1 Å². The molecule has 33 heavy (non-hydrogen) atoms. The average molecular weight is 447 g/mol. The van der Waals surface area contributed by atoms with Crippen LogP contribution in [0.3, 0.4) is 0 Å². The van der Waals surface area contributed by atoms with E-state index in [1.807, 2.05) is 60.5 Å². The normalized spacial score (nSPS) is 14.2. The number of nitrogens with zero attached hydrogens (tertiary/aromatic N) is 2. The Morgan fingerprint density at radius 3 is 2.67 bits per heavy atom. The van der Waals surface area contributed by atoms with Gasteiger partial charge in [0.2, 0.25) is 5.91 Å². The number of urea groups is 1. The Hall–Kier alpha value is -3.61. The molecule has 0 unspecified atom stereocenters. The first-order valence-corrected chi connectivity index (χ1v) is 11.4. The van der Waals surface area contributed by atoms with Gasteiger partial charge in [-0.3, -0.25) is 9.78 Å². The zero-order valence-corrected chi connectivity index (χ0v) is 19.1. The Kier molecular flexibility index (Phi) is 7.07. The topological polar surface area (TPSA) is 83.6 Å². The number of methoxy groups -OCH3 is 1. The molecule has 2 aromatic carbocycles. The van der Waals surface area contributed by atoms with E-state index >= 15 is 0 Å². The van der Waals surface area contributed by atoms with Crippen molar-refractivity contribution in [3.63, 3.8) is 0 Å². The van der Waals surface area contributed by atoms with E-state index in [2.05, 4.69) is 21.7 Å². The Balaban J connectivity index is 1.33. The monoisotopic (exact) mass is 446 g/mol. The summed E-state index contributed by atoms with van der Waals surface area (Å²) < 4.78 is 5.31. The van der Waals surface area contributed by atoms with E-state index in [1.54, 1.807) is 7.11 Å². The van der Waals surface area contributed by atoms with Crippen LogP contribution in [0.2, 0.25) is 0 Å². The quantitative estimate of drug-likeness (QED) is 0.576. The van der Waals surface area contributed by atoms with Crippen LogP contribution in [0.25, 0.3) is 22.0 Å². The zero-order chi connectivity index (χ0) is 23.2. The second-order valence-corrected chi connectivity index (χ2v) is 8.38. The third-order valence-electron chi connectivity index (χ3n) is 6.17. The number of fused-ring (bicyclic) bond motifs is 1. The van der Waals surface area contributed by atoms with Crippen LogP contribution in [0.4, 0.5) is 10.5 Å². The molecule has 1 aromatic heterocycles. The minimum atomic E-state index is -0.227. The predicted octanol–water partition coefficient (Wildman–Crippen LogP) is 4.68. The molecule has 0 saturated carbocycles. The number of carbonyl (C=O) groups excluding carboxylic acids is 2. The average Bonchev–Trinajstić information content (AvgIpc) is 2.87. The number of rotatable bonds is 6. The number of nitrogens with one attached hydrogen (secondary N) is 2. The van der Waals surface area contributed by atoms with Gasteiger partial charge in [-0.1, -0.05) is 25.1 Å². The largest absolute Gasteiger partial charge is 0.497 e. The van der Waals surface area contributed by atoms with Gasteiger partial charge in [0.05, 0.1) is 12.6 Å². The van der Waals surface area contributed by atoms with Crippen molar-refractivity contribution in [3.8, 4) is 16.9 Å². The second kappa shape index (κ2) is 10.3. The summed E-state index contributed by atoms with van der Waals surface area (Å²) in [6.45, 7) is 4.04. The Morgan fingerprint density at radius 1 is 1.09 bits per heavy atom. The predicted molar refractivity (Wildman–Crippen MR) is 130 cm³/mol. The lowest BCUT2D eigenvalue weighted by Gasteiger charge is -2.31. The van der Waals surface area contributed by atoms with Gasteiger partial charge in [-0.25, -0.2) is 4.79 Å². The number of amides is 3. The van der Waals surface area contributed by atoms with Gasteiger partial charge in [0.15, 0.2) is 0 Å². The van der Waals surface area contributed by atoms with E-state index in [-0.39, 0.29) is 11.9 Å². The highest BCUT2D eigenvalue weighted by atomic mass is 16.5. The Morgan fingerprint density at radius 2 is 1.91 bits per heavy atom. The molecule has 7 nitrogen and oxygen atoms in total. The van der Waals surface area contributed by atoms with Crippen LogP contribution in [0.1, 0.15) is 26.2 Å². The lowest BCUT2D eigenvalue weighted by Crippen LogP contribution is -2.42. The van der Waals surface area contributed by atoms with Gasteiger partial charge in [-0.05, 0) is 54.7 Å². The minimum absolute atomic E-state index is 0.208. The van der Waals surface area contributed by atoms with Crippen molar-refractivity contribution in [2.45, 2.75) is 26.2 Å². The third kappa shape index (κ3) is 5.61. The van der Waals surface area contributed by atoms with Crippen molar-refractivity contribution < 1.29 is 14.3 Å². The summed E-state index contributed by atoms with van der Waals surface area (Å²) in [5.74, 6) is 1.41. The van der Waals surface area contributed by atoms with Crippen LogP contribution in [0, 0.1) is 5.92 Å². The Bertz CT molecular complexity index is 1140. The van der Waals surface area contributed by atoms with Gasteiger partial charge in [0.1, 0.15) is 5.75 Å². The van der Waals surface area contributed by atoms with Gasteiger partial charge in [0.25, 0.3) is 0 Å². The Labute approximate surface area is 194 Å². The van der Waals surface area contributed by atoms with E-state index in [9.17, 15) is 9.59 Å². The number of aromatic nitrogens is 1. The minimum Gasteiger partial charge on any atom is -0.497 e. The zero-order valence-electron chi connectivity index (χ0n) is 19.1. The second-order valence-electron chi connectivity index (χ2n) is 8.38. The van der Waals surface area contributed by atoms with Gasteiger partial charge in [0, 0.05) is 48.9 Å². The van der Waals surface area contributed by atoms with Gasteiger partial charge < -0.3 is 20.3 Å². The van der Waals surface area contributed by atoms with Crippen molar-refractivity contribution in [3.05, 3.63) is 54.7 Å². The maximum Gasteiger partial charge on any atom is 0.319 e. The molecule has 1 saturated heterocycles. The van der Waals surface area contributed by atoms with Crippen molar-refractivity contribution in [1.29, 1.82) is 0 Å². The molecular formula is C26H30N4O3. The SMILES string of the molecule is CCC(=O)N1CCC(CNC(=O)Nc2ccc3cc(-c4cccc(OC)c4)cnc3c2)CC1. The van der Waals surface area contributed by atoms with E-state index in [4.69, 9.17) is 4.74 Å². The van der Waals surface area contributed by atoms with Crippen molar-refractivity contribution >= 4 is 28.5 Å². The van der Waals surface area contributed by atoms with Crippen LogP contribution in [0.15, 0.2) is 54.7 Å². The first-order valence-electron chi connectivity index (χ1n) is 11.4. The molecule has 172 valence electrons. The molecule has 2 N–H and O–H groups in total. The van der Waals surface area contributed by atoms with Crippen LogP contribution < -0.4 is 15.4 Å². The fourth-order valence-electron chi connectivity index (χ4n) is 4.18. The van der Waals surface area contributed by atoms with Crippen LogP contribution >= 0.6 is 0 Å². The smallest absolute Gasteiger partial charge is 0.319 e. The molecule has 1 fully saturated rings. The molecule has 4 rings (SSSR count). The van der Waals surface area contributed by atoms with E-state index in [0.717, 1.165) is 53.7 Å². The maximum atomic E-state index is 12.4. The maximum absolute atomic E-state index is 12.4. The fraction of sp³-hybridized carbons (Fsp3) is 0.346. The molecule has 3 aromatic rings. The third-order valence-corrected chi connectivity index (χ3v) is 6.17. The molecule has 1 aliphatic rings. The highest BCUT2D eigenvalue weighted by molar-refractivity contribution is 5.93. The highest BCUT2D eigenvalue weighted by Gasteiger charge is 2.22. The van der Waals surface area contributed by atoms with E-state index in [0.29, 0.717) is 24.6 Å². The highest BCUT2D eigenvalue weighted by Crippen LogP contribution is 2.27. The molecule has 7 heteroatoms. The van der Waals surface area contributed by atoms with Crippen molar-refractivity contribution in [1.82, 2.24) is 15.2 Å².